The van der Waals surface area contributed by atoms with Crippen LogP contribution in [0.15, 0.2) is 30.4 Å². The third kappa shape index (κ3) is 1.60. The second kappa shape index (κ2) is 4.23. The third-order valence-corrected chi connectivity index (χ3v) is 6.84. The van der Waals surface area contributed by atoms with E-state index < -0.39 is 0 Å². The van der Waals surface area contributed by atoms with Crippen molar-refractivity contribution in [1.29, 1.82) is 0 Å². The largest absolute Gasteiger partial charge is 0.0993 e. The van der Waals surface area contributed by atoms with Crippen LogP contribution in [0.5, 0.6) is 0 Å². The van der Waals surface area contributed by atoms with Crippen molar-refractivity contribution in [3.05, 3.63) is 47.0 Å². The Balaban J connectivity index is 1.74. The van der Waals surface area contributed by atoms with Crippen molar-refractivity contribution in [2.45, 2.75) is 58.3 Å². The summed E-state index contributed by atoms with van der Waals surface area (Å²) >= 11 is 0. The molecule has 0 radical (unpaired) electrons. The van der Waals surface area contributed by atoms with E-state index in [4.69, 9.17) is 0 Å². The summed E-state index contributed by atoms with van der Waals surface area (Å²) < 4.78 is 0. The van der Waals surface area contributed by atoms with Crippen LogP contribution in [0.2, 0.25) is 0 Å². The highest BCUT2D eigenvalue weighted by Gasteiger charge is 2.51. The molecule has 1 aromatic rings. The van der Waals surface area contributed by atoms with Gasteiger partial charge in [-0.25, -0.2) is 0 Å². The van der Waals surface area contributed by atoms with Gasteiger partial charge in [0.15, 0.2) is 0 Å². The van der Waals surface area contributed by atoms with Crippen molar-refractivity contribution >= 4 is 0 Å². The Labute approximate surface area is 123 Å². The molecule has 3 aliphatic rings. The lowest BCUT2D eigenvalue weighted by atomic mass is 9.55. The van der Waals surface area contributed by atoms with E-state index in [1.807, 2.05) is 0 Å². The molecule has 0 N–H and O–H groups in total. The van der Waals surface area contributed by atoms with Crippen LogP contribution in [0.25, 0.3) is 0 Å². The fourth-order valence-corrected chi connectivity index (χ4v) is 5.59. The SMILES string of the molecule is C=C1CCC2C3CCc4ccc(C)cc4C3CCC12C. The maximum atomic E-state index is 4.41. The van der Waals surface area contributed by atoms with E-state index in [9.17, 15) is 0 Å². The smallest absolute Gasteiger partial charge is 0.00876 e. The maximum absolute atomic E-state index is 4.41. The first-order valence-electron chi connectivity index (χ1n) is 8.37. The Morgan fingerprint density at radius 1 is 1.15 bits per heavy atom. The van der Waals surface area contributed by atoms with E-state index >= 15 is 0 Å². The van der Waals surface area contributed by atoms with E-state index in [1.165, 1.54) is 44.1 Å². The van der Waals surface area contributed by atoms with Crippen molar-refractivity contribution in [3.63, 3.8) is 0 Å². The number of rotatable bonds is 0. The zero-order valence-electron chi connectivity index (χ0n) is 12.9. The molecule has 0 saturated heterocycles. The number of fused-ring (bicyclic) bond motifs is 5. The van der Waals surface area contributed by atoms with Crippen LogP contribution in [0, 0.1) is 24.2 Å². The molecule has 0 bridgehead atoms. The van der Waals surface area contributed by atoms with Crippen LogP contribution in [-0.2, 0) is 6.42 Å². The maximum Gasteiger partial charge on any atom is -0.00876 e. The molecule has 0 heterocycles. The van der Waals surface area contributed by atoms with Crippen LogP contribution < -0.4 is 0 Å². The first-order chi connectivity index (χ1) is 9.59. The minimum atomic E-state index is 0.461. The zero-order chi connectivity index (χ0) is 13.9. The molecule has 20 heavy (non-hydrogen) atoms. The van der Waals surface area contributed by atoms with Gasteiger partial charge >= 0.3 is 0 Å². The fraction of sp³-hybridized carbons (Fsp3) is 0.600. The van der Waals surface area contributed by atoms with Gasteiger partial charge in [-0.05, 0) is 79.7 Å². The predicted octanol–water partition coefficient (Wildman–Crippen LogP) is 5.41. The van der Waals surface area contributed by atoms with Crippen molar-refractivity contribution in [2.24, 2.45) is 17.3 Å². The molecule has 2 fully saturated rings. The molecule has 4 unspecified atom stereocenters. The van der Waals surface area contributed by atoms with Crippen molar-refractivity contribution in [2.75, 3.05) is 0 Å². The summed E-state index contributed by atoms with van der Waals surface area (Å²) in [6.45, 7) is 9.16. The lowest BCUT2D eigenvalue weighted by molar-refractivity contribution is 0.0816. The lowest BCUT2D eigenvalue weighted by Gasteiger charge is -2.49. The Bertz CT molecular complexity index is 567. The van der Waals surface area contributed by atoms with Crippen LogP contribution in [0.1, 0.15) is 61.6 Å². The van der Waals surface area contributed by atoms with Crippen molar-refractivity contribution in [1.82, 2.24) is 0 Å². The van der Waals surface area contributed by atoms with Gasteiger partial charge in [0.25, 0.3) is 0 Å². The summed E-state index contributed by atoms with van der Waals surface area (Å²) in [6, 6.07) is 7.17. The van der Waals surface area contributed by atoms with Gasteiger partial charge in [0, 0.05) is 0 Å². The first-order valence-corrected chi connectivity index (χ1v) is 8.37. The van der Waals surface area contributed by atoms with Crippen LogP contribution in [0.4, 0.5) is 0 Å². The quantitative estimate of drug-likeness (QED) is 0.551. The van der Waals surface area contributed by atoms with Gasteiger partial charge in [0.05, 0.1) is 0 Å². The van der Waals surface area contributed by atoms with Crippen LogP contribution in [0.3, 0.4) is 0 Å². The number of hydrogen-bond acceptors (Lipinski definition) is 0. The third-order valence-electron chi connectivity index (χ3n) is 6.84. The first kappa shape index (κ1) is 12.7. The Morgan fingerprint density at radius 3 is 2.85 bits per heavy atom. The standard InChI is InChI=1S/C20H26/c1-13-4-6-15-7-8-17-16(18(15)12-13)10-11-20(3)14(2)5-9-19(17)20/h4,6,12,16-17,19H,2,5,7-11H2,1,3H3. The minimum Gasteiger partial charge on any atom is -0.0993 e. The van der Waals surface area contributed by atoms with Gasteiger partial charge in [0.2, 0.25) is 0 Å². The highest BCUT2D eigenvalue weighted by Crippen LogP contribution is 2.62. The zero-order valence-corrected chi connectivity index (χ0v) is 12.9. The number of allylic oxidation sites excluding steroid dienone is 1. The summed E-state index contributed by atoms with van der Waals surface area (Å²) in [4.78, 5) is 0. The molecule has 0 nitrogen and oxygen atoms in total. The fourth-order valence-electron chi connectivity index (χ4n) is 5.59. The lowest BCUT2D eigenvalue weighted by Crippen LogP contribution is -2.40. The Kier molecular flexibility index (Phi) is 2.68. The highest BCUT2D eigenvalue weighted by molar-refractivity contribution is 5.38. The summed E-state index contributed by atoms with van der Waals surface area (Å²) in [5.41, 5.74) is 6.78. The highest BCUT2D eigenvalue weighted by atomic mass is 14.6. The predicted molar refractivity (Wildman–Crippen MR) is 84.9 cm³/mol. The second-order valence-corrected chi connectivity index (χ2v) is 7.72. The van der Waals surface area contributed by atoms with Crippen molar-refractivity contribution in [3.8, 4) is 0 Å². The average Bonchev–Trinajstić information content (AvgIpc) is 2.74. The van der Waals surface area contributed by atoms with Crippen LogP contribution >= 0.6 is 0 Å². The molecular weight excluding hydrogens is 240 g/mol. The number of hydrogen-bond donors (Lipinski definition) is 0. The van der Waals surface area contributed by atoms with Gasteiger partial charge in [0.1, 0.15) is 0 Å². The molecule has 0 aliphatic heterocycles. The van der Waals surface area contributed by atoms with Gasteiger partial charge in [-0.15, -0.1) is 0 Å². The van der Waals surface area contributed by atoms with Gasteiger partial charge in [-0.3, -0.25) is 0 Å². The molecule has 0 amide bonds. The summed E-state index contributed by atoms with van der Waals surface area (Å²) in [5.74, 6) is 2.66. The van der Waals surface area contributed by atoms with E-state index in [1.54, 1.807) is 16.7 Å². The molecule has 0 heteroatoms. The normalized spacial score (nSPS) is 39.1. The van der Waals surface area contributed by atoms with Gasteiger partial charge in [-0.1, -0.05) is 42.8 Å². The van der Waals surface area contributed by atoms with Crippen molar-refractivity contribution < 1.29 is 0 Å². The molecular formula is C20H26. The average molecular weight is 266 g/mol. The molecule has 106 valence electrons. The molecule has 3 aliphatic carbocycles. The molecule has 4 rings (SSSR count). The van der Waals surface area contributed by atoms with E-state index in [2.05, 4.69) is 38.6 Å². The molecule has 0 aromatic heterocycles. The molecule has 1 aromatic carbocycles. The summed E-state index contributed by atoms with van der Waals surface area (Å²) in [7, 11) is 0. The van der Waals surface area contributed by atoms with E-state index in [0.29, 0.717) is 5.41 Å². The van der Waals surface area contributed by atoms with Gasteiger partial charge in [-0.2, -0.15) is 0 Å². The monoisotopic (exact) mass is 266 g/mol. The Hall–Kier alpha value is -1.04. The topological polar surface area (TPSA) is 0 Å². The molecule has 4 atom stereocenters. The summed E-state index contributed by atoms with van der Waals surface area (Å²) in [6.07, 6.45) is 8.14. The summed E-state index contributed by atoms with van der Waals surface area (Å²) in [5, 5.41) is 0. The second-order valence-electron chi connectivity index (χ2n) is 7.72. The molecule has 0 spiro atoms. The Morgan fingerprint density at radius 2 is 2.00 bits per heavy atom. The number of aryl methyl sites for hydroxylation is 2. The van der Waals surface area contributed by atoms with Crippen LogP contribution in [-0.4, -0.2) is 0 Å². The number of benzene rings is 1. The van der Waals surface area contributed by atoms with E-state index in [0.717, 1.165) is 17.8 Å². The minimum absolute atomic E-state index is 0.461. The van der Waals surface area contributed by atoms with E-state index in [-0.39, 0.29) is 0 Å². The molecule has 2 saturated carbocycles. The van der Waals surface area contributed by atoms with Gasteiger partial charge < -0.3 is 0 Å².